The Bertz CT molecular complexity index is 1200. The van der Waals surface area contributed by atoms with E-state index in [0.29, 0.717) is 5.56 Å². The number of rotatable bonds is 5. The molecule has 0 bridgehead atoms. The van der Waals surface area contributed by atoms with E-state index in [4.69, 9.17) is 5.21 Å². The largest absolute Gasteiger partial charge is 0.465 e. The predicted molar refractivity (Wildman–Crippen MR) is 121 cm³/mol. The lowest BCUT2D eigenvalue weighted by molar-refractivity contribution is -0.133. The predicted octanol–water partition coefficient (Wildman–Crippen LogP) is 2.84. The number of aryl methyl sites for hydroxylation is 1. The summed E-state index contributed by atoms with van der Waals surface area (Å²) in [6, 6.07) is 14.6. The lowest BCUT2D eigenvalue weighted by atomic mass is 9.90. The van der Waals surface area contributed by atoms with Crippen LogP contribution >= 0.6 is 0 Å². The second kappa shape index (κ2) is 8.95. The van der Waals surface area contributed by atoms with Gasteiger partial charge in [0.25, 0.3) is 5.91 Å². The highest BCUT2D eigenvalue weighted by molar-refractivity contribution is 5.95. The molecule has 172 valence electrons. The SMILES string of the molecule is Cc1[nH]c2ccccc2c1C(C)c1ccc(C(=O)N[C@@H]2CN(C(=O)O)C[C@@H]2C(=O)NO)cc1. The molecular formula is C24H26N4O5. The molecule has 0 radical (unpaired) electrons. The molecule has 2 aromatic carbocycles. The van der Waals surface area contributed by atoms with Crippen LogP contribution in [0.5, 0.6) is 0 Å². The van der Waals surface area contributed by atoms with Gasteiger partial charge in [0.2, 0.25) is 5.91 Å². The van der Waals surface area contributed by atoms with Crippen molar-refractivity contribution in [3.05, 3.63) is 70.9 Å². The van der Waals surface area contributed by atoms with E-state index in [1.165, 1.54) is 10.9 Å². The molecule has 9 heteroatoms. The fourth-order valence-electron chi connectivity index (χ4n) is 4.65. The molecule has 5 N–H and O–H groups in total. The summed E-state index contributed by atoms with van der Waals surface area (Å²) >= 11 is 0. The molecule has 3 atom stereocenters. The summed E-state index contributed by atoms with van der Waals surface area (Å²) in [6.45, 7) is 4.03. The second-order valence-corrected chi connectivity index (χ2v) is 8.40. The van der Waals surface area contributed by atoms with E-state index in [-0.39, 0.29) is 19.0 Å². The third kappa shape index (κ3) is 4.27. The van der Waals surface area contributed by atoms with Gasteiger partial charge in [-0.05, 0) is 36.2 Å². The Balaban J connectivity index is 1.50. The third-order valence-corrected chi connectivity index (χ3v) is 6.40. The molecule has 4 rings (SSSR count). The number of aromatic nitrogens is 1. The lowest BCUT2D eigenvalue weighted by Gasteiger charge is -2.18. The molecule has 0 saturated carbocycles. The van der Waals surface area contributed by atoms with Gasteiger partial charge < -0.3 is 20.3 Å². The molecule has 0 spiro atoms. The average molecular weight is 450 g/mol. The van der Waals surface area contributed by atoms with Crippen LogP contribution in [0.1, 0.15) is 40.0 Å². The number of nitrogens with zero attached hydrogens (tertiary/aromatic N) is 1. The van der Waals surface area contributed by atoms with Crippen molar-refractivity contribution in [3.63, 3.8) is 0 Å². The fourth-order valence-corrected chi connectivity index (χ4v) is 4.65. The van der Waals surface area contributed by atoms with Gasteiger partial charge in [0.15, 0.2) is 0 Å². The Morgan fingerprint density at radius 3 is 2.45 bits per heavy atom. The van der Waals surface area contributed by atoms with E-state index in [1.54, 1.807) is 17.6 Å². The Kier molecular flexibility index (Phi) is 6.06. The molecular weight excluding hydrogens is 424 g/mol. The van der Waals surface area contributed by atoms with Crippen molar-refractivity contribution in [1.82, 2.24) is 20.7 Å². The molecule has 1 saturated heterocycles. The zero-order chi connectivity index (χ0) is 23.7. The van der Waals surface area contributed by atoms with E-state index in [2.05, 4.69) is 30.2 Å². The summed E-state index contributed by atoms with van der Waals surface area (Å²) < 4.78 is 0. The average Bonchev–Trinajstić information content (AvgIpc) is 3.38. The molecule has 0 aliphatic carbocycles. The molecule has 33 heavy (non-hydrogen) atoms. The molecule has 1 aromatic heterocycles. The summed E-state index contributed by atoms with van der Waals surface area (Å²) in [4.78, 5) is 40.5. The molecule has 3 aromatic rings. The number of aromatic amines is 1. The number of para-hydroxylation sites is 1. The van der Waals surface area contributed by atoms with Gasteiger partial charge in [-0.3, -0.25) is 14.8 Å². The summed E-state index contributed by atoms with van der Waals surface area (Å²) in [7, 11) is 0. The number of hydrogen-bond acceptors (Lipinski definition) is 4. The molecule has 1 unspecified atom stereocenters. The van der Waals surface area contributed by atoms with Crippen LogP contribution in [0, 0.1) is 12.8 Å². The van der Waals surface area contributed by atoms with Crippen LogP contribution < -0.4 is 10.8 Å². The van der Waals surface area contributed by atoms with Crippen molar-refractivity contribution < 1.29 is 24.7 Å². The van der Waals surface area contributed by atoms with Crippen LogP contribution in [-0.2, 0) is 4.79 Å². The first-order valence-corrected chi connectivity index (χ1v) is 10.7. The van der Waals surface area contributed by atoms with Crippen molar-refractivity contribution in [3.8, 4) is 0 Å². The minimum absolute atomic E-state index is 0.0336. The number of carboxylic acid groups (broad SMARTS) is 1. The normalized spacial score (nSPS) is 18.8. The molecule has 9 nitrogen and oxygen atoms in total. The summed E-state index contributed by atoms with van der Waals surface area (Å²) in [5.41, 5.74) is 6.39. The van der Waals surface area contributed by atoms with Gasteiger partial charge in [0.05, 0.1) is 12.0 Å². The zero-order valence-electron chi connectivity index (χ0n) is 18.3. The fraction of sp³-hybridized carbons (Fsp3) is 0.292. The minimum atomic E-state index is -1.19. The van der Waals surface area contributed by atoms with Crippen LogP contribution in [0.2, 0.25) is 0 Å². The van der Waals surface area contributed by atoms with Crippen molar-refractivity contribution >= 4 is 28.8 Å². The Morgan fingerprint density at radius 2 is 1.79 bits per heavy atom. The smallest absolute Gasteiger partial charge is 0.407 e. The van der Waals surface area contributed by atoms with Crippen molar-refractivity contribution in [2.45, 2.75) is 25.8 Å². The number of nitrogens with one attached hydrogen (secondary N) is 3. The van der Waals surface area contributed by atoms with E-state index in [9.17, 15) is 19.5 Å². The van der Waals surface area contributed by atoms with Gasteiger partial charge in [-0.2, -0.15) is 0 Å². The minimum Gasteiger partial charge on any atom is -0.465 e. The Labute approximate surface area is 190 Å². The molecule has 1 aliphatic heterocycles. The van der Waals surface area contributed by atoms with E-state index in [1.807, 2.05) is 30.3 Å². The van der Waals surface area contributed by atoms with Crippen LogP contribution in [0.15, 0.2) is 48.5 Å². The highest BCUT2D eigenvalue weighted by Crippen LogP contribution is 2.33. The second-order valence-electron chi connectivity index (χ2n) is 8.40. The van der Waals surface area contributed by atoms with Gasteiger partial charge in [0.1, 0.15) is 0 Å². The van der Waals surface area contributed by atoms with Crippen LogP contribution in [0.3, 0.4) is 0 Å². The molecule has 1 aliphatic rings. The first kappa shape index (κ1) is 22.3. The van der Waals surface area contributed by atoms with Crippen LogP contribution in [0.4, 0.5) is 4.79 Å². The maximum atomic E-state index is 12.8. The number of benzene rings is 2. The molecule has 1 fully saturated rings. The van der Waals surface area contributed by atoms with E-state index < -0.39 is 29.9 Å². The topological polar surface area (TPSA) is 135 Å². The lowest BCUT2D eigenvalue weighted by Crippen LogP contribution is -2.45. The molecule has 3 amide bonds. The van der Waals surface area contributed by atoms with Crippen LogP contribution in [-0.4, -0.2) is 57.2 Å². The summed E-state index contributed by atoms with van der Waals surface area (Å²) in [5, 5.41) is 22.1. The quantitative estimate of drug-likeness (QED) is 0.301. The van der Waals surface area contributed by atoms with Crippen molar-refractivity contribution in [1.29, 1.82) is 0 Å². The highest BCUT2D eigenvalue weighted by Gasteiger charge is 2.40. The maximum Gasteiger partial charge on any atom is 0.407 e. The van der Waals surface area contributed by atoms with Gasteiger partial charge in [-0.25, -0.2) is 10.3 Å². The monoisotopic (exact) mass is 450 g/mol. The number of fused-ring (bicyclic) bond motifs is 1. The van der Waals surface area contributed by atoms with Crippen molar-refractivity contribution in [2.75, 3.05) is 13.1 Å². The van der Waals surface area contributed by atoms with E-state index in [0.717, 1.165) is 21.7 Å². The van der Waals surface area contributed by atoms with Crippen LogP contribution in [0.25, 0.3) is 10.9 Å². The van der Waals surface area contributed by atoms with Gasteiger partial charge >= 0.3 is 6.09 Å². The standard InChI is InChI=1S/C24H26N4O5/c1-13(21-14(2)25-19-6-4-3-5-17(19)21)15-7-9-16(10-8-15)22(29)26-20-12-28(24(31)32)11-18(20)23(30)27-33/h3-10,13,18,20,25,33H,11-12H2,1-2H3,(H,26,29)(H,27,30)(H,31,32)/t13?,18-,20+/m0/s1. The Hall–Kier alpha value is -3.85. The number of hydroxylamine groups is 1. The zero-order valence-corrected chi connectivity index (χ0v) is 18.3. The van der Waals surface area contributed by atoms with Crippen molar-refractivity contribution in [2.24, 2.45) is 5.92 Å². The Morgan fingerprint density at radius 1 is 1.09 bits per heavy atom. The van der Waals surface area contributed by atoms with Gasteiger partial charge in [-0.1, -0.05) is 37.3 Å². The number of likely N-dealkylation sites (tertiary alicyclic amines) is 1. The van der Waals surface area contributed by atoms with E-state index >= 15 is 0 Å². The highest BCUT2D eigenvalue weighted by atomic mass is 16.5. The number of H-pyrrole nitrogens is 1. The summed E-state index contributed by atoms with van der Waals surface area (Å²) in [6.07, 6.45) is -1.19. The summed E-state index contributed by atoms with van der Waals surface area (Å²) in [5.74, 6) is -1.91. The first-order chi connectivity index (χ1) is 15.8. The third-order valence-electron chi connectivity index (χ3n) is 6.40. The van der Waals surface area contributed by atoms with Gasteiger partial charge in [-0.15, -0.1) is 0 Å². The number of amides is 3. The molecule has 2 heterocycles. The first-order valence-electron chi connectivity index (χ1n) is 10.7. The maximum absolute atomic E-state index is 12.8. The van der Waals surface area contributed by atoms with Gasteiger partial charge in [0, 0.05) is 41.2 Å². The number of hydrogen-bond donors (Lipinski definition) is 5. The number of carbonyl (C=O) groups excluding carboxylic acids is 2. The number of carbonyl (C=O) groups is 3.